The van der Waals surface area contributed by atoms with E-state index in [1.165, 1.54) is 12.1 Å². The molecule has 0 atom stereocenters. The van der Waals surface area contributed by atoms with Gasteiger partial charge in [-0.25, -0.2) is 0 Å². The lowest BCUT2D eigenvalue weighted by atomic mass is 9.97. The number of hydrogen-bond acceptors (Lipinski definition) is 2. The molecule has 1 N–H and O–H groups in total. The molecular weight excluding hydrogens is 343 g/mol. The molecule has 3 rings (SSSR count). The fraction of sp³-hybridized carbons (Fsp3) is 0.250. The van der Waals surface area contributed by atoms with E-state index in [4.69, 9.17) is 4.74 Å². The summed E-state index contributed by atoms with van der Waals surface area (Å²) in [6, 6.07) is 12.7. The van der Waals surface area contributed by atoms with Crippen molar-refractivity contribution in [1.29, 1.82) is 0 Å². The van der Waals surface area contributed by atoms with Crippen LogP contribution >= 0.6 is 0 Å². The highest BCUT2D eigenvalue weighted by Crippen LogP contribution is 2.39. The third kappa shape index (κ3) is 3.59. The van der Waals surface area contributed by atoms with Crippen LogP contribution in [0.1, 0.15) is 24.5 Å². The third-order valence-electron chi connectivity index (χ3n) is 4.20. The first-order valence-corrected chi connectivity index (χ1v) is 8.33. The lowest BCUT2D eigenvalue weighted by Crippen LogP contribution is -2.08. The van der Waals surface area contributed by atoms with Gasteiger partial charge in [0.15, 0.2) is 0 Å². The zero-order chi connectivity index (χ0) is 18.7. The maximum Gasteiger partial charge on any atom is 0.417 e. The Labute approximate surface area is 148 Å². The molecule has 3 aromatic rings. The molecule has 2 aromatic carbocycles. The van der Waals surface area contributed by atoms with Gasteiger partial charge in [0.25, 0.3) is 0 Å². The van der Waals surface area contributed by atoms with Gasteiger partial charge in [0.1, 0.15) is 0 Å². The quantitative estimate of drug-likeness (QED) is 0.623. The lowest BCUT2D eigenvalue weighted by molar-refractivity contribution is -0.143. The number of hydrogen-bond donors (Lipinski definition) is 1. The number of aromatic amines is 1. The van der Waals surface area contributed by atoms with E-state index in [9.17, 15) is 18.0 Å². The molecule has 0 spiro atoms. The van der Waals surface area contributed by atoms with Crippen molar-refractivity contribution in [1.82, 2.24) is 4.98 Å². The van der Waals surface area contributed by atoms with Crippen molar-refractivity contribution < 1.29 is 22.7 Å². The predicted octanol–water partition coefficient (Wildman–Crippen LogP) is 5.35. The molecule has 0 amide bonds. The number of aromatic nitrogens is 1. The van der Waals surface area contributed by atoms with Gasteiger partial charge in [-0.1, -0.05) is 36.4 Å². The van der Waals surface area contributed by atoms with Crippen molar-refractivity contribution in [2.45, 2.75) is 25.9 Å². The van der Waals surface area contributed by atoms with E-state index in [-0.39, 0.29) is 24.6 Å². The molecule has 0 aliphatic heterocycles. The highest BCUT2D eigenvalue weighted by Gasteiger charge is 2.34. The molecule has 1 heterocycles. The van der Waals surface area contributed by atoms with Gasteiger partial charge in [-0.2, -0.15) is 13.2 Å². The van der Waals surface area contributed by atoms with E-state index in [0.717, 1.165) is 17.0 Å². The number of esters is 1. The van der Waals surface area contributed by atoms with Crippen molar-refractivity contribution in [3.63, 3.8) is 0 Å². The number of carbonyl (C=O) groups is 1. The summed E-state index contributed by atoms with van der Waals surface area (Å²) in [5, 5.41) is 0.809. The second-order valence-electron chi connectivity index (χ2n) is 5.87. The summed E-state index contributed by atoms with van der Waals surface area (Å²) in [5.41, 5.74) is 1.19. The molecule has 26 heavy (non-hydrogen) atoms. The summed E-state index contributed by atoms with van der Waals surface area (Å²) in [7, 11) is 0. The Kier molecular flexibility index (Phi) is 5.02. The van der Waals surface area contributed by atoms with Crippen molar-refractivity contribution in [2.24, 2.45) is 0 Å². The van der Waals surface area contributed by atoms with Gasteiger partial charge < -0.3 is 9.72 Å². The lowest BCUT2D eigenvalue weighted by Gasteiger charge is -2.13. The van der Waals surface area contributed by atoms with E-state index in [1.807, 2.05) is 24.3 Å². The van der Waals surface area contributed by atoms with Crippen LogP contribution in [0.15, 0.2) is 48.5 Å². The largest absolute Gasteiger partial charge is 0.466 e. The molecule has 0 fully saturated rings. The van der Waals surface area contributed by atoms with Crippen LogP contribution in [0, 0.1) is 0 Å². The van der Waals surface area contributed by atoms with Crippen LogP contribution in [0.4, 0.5) is 13.2 Å². The van der Waals surface area contributed by atoms with Crippen LogP contribution in [0.3, 0.4) is 0 Å². The Hall–Kier alpha value is -2.76. The van der Waals surface area contributed by atoms with Gasteiger partial charge in [-0.05, 0) is 31.0 Å². The molecule has 0 saturated heterocycles. The van der Waals surface area contributed by atoms with E-state index >= 15 is 0 Å². The van der Waals surface area contributed by atoms with E-state index in [0.29, 0.717) is 17.7 Å². The molecule has 0 bridgehead atoms. The standard InChI is InChI=1S/C20H18F3NO2/c1-2-26-18(25)12-11-14-13-7-4-6-10-17(13)24-19(14)15-8-3-5-9-16(15)20(21,22)23/h3-10,24H,2,11-12H2,1H3. The second-order valence-corrected chi connectivity index (χ2v) is 5.87. The third-order valence-corrected chi connectivity index (χ3v) is 4.20. The molecule has 0 aliphatic carbocycles. The number of carbonyl (C=O) groups excluding carboxylic acids is 1. The molecule has 0 unspecified atom stereocenters. The number of aryl methyl sites for hydroxylation is 1. The Morgan fingerprint density at radius 2 is 1.77 bits per heavy atom. The number of nitrogens with one attached hydrogen (secondary N) is 1. The minimum absolute atomic E-state index is 0.0788. The molecule has 136 valence electrons. The smallest absolute Gasteiger partial charge is 0.417 e. The number of benzene rings is 2. The Morgan fingerprint density at radius 3 is 2.50 bits per heavy atom. The summed E-state index contributed by atoms with van der Waals surface area (Å²) in [6.45, 7) is 1.99. The summed E-state index contributed by atoms with van der Waals surface area (Å²) in [6.07, 6.45) is -4.06. The molecule has 1 aromatic heterocycles. The molecular formula is C20H18F3NO2. The van der Waals surface area contributed by atoms with Gasteiger partial charge in [-0.3, -0.25) is 4.79 Å². The van der Waals surface area contributed by atoms with E-state index in [2.05, 4.69) is 4.98 Å². The summed E-state index contributed by atoms with van der Waals surface area (Å²) in [4.78, 5) is 14.8. The van der Waals surface area contributed by atoms with Gasteiger partial charge >= 0.3 is 12.1 Å². The van der Waals surface area contributed by atoms with Crippen molar-refractivity contribution in [3.05, 3.63) is 59.7 Å². The van der Waals surface area contributed by atoms with Gasteiger partial charge in [0.2, 0.25) is 0 Å². The molecule has 0 aliphatic rings. The van der Waals surface area contributed by atoms with Crippen LogP contribution in [0.25, 0.3) is 22.2 Å². The van der Waals surface area contributed by atoms with Crippen molar-refractivity contribution in [3.8, 4) is 11.3 Å². The maximum absolute atomic E-state index is 13.4. The van der Waals surface area contributed by atoms with E-state index in [1.54, 1.807) is 13.0 Å². The Balaban J connectivity index is 2.12. The zero-order valence-electron chi connectivity index (χ0n) is 14.2. The average molecular weight is 361 g/mol. The van der Waals surface area contributed by atoms with Crippen LogP contribution < -0.4 is 0 Å². The van der Waals surface area contributed by atoms with Crippen molar-refractivity contribution in [2.75, 3.05) is 6.61 Å². The number of para-hydroxylation sites is 1. The Bertz CT molecular complexity index is 928. The monoisotopic (exact) mass is 361 g/mol. The van der Waals surface area contributed by atoms with Crippen molar-refractivity contribution >= 4 is 16.9 Å². The predicted molar refractivity (Wildman–Crippen MR) is 93.7 cm³/mol. The van der Waals surface area contributed by atoms with E-state index < -0.39 is 11.7 Å². The summed E-state index contributed by atoms with van der Waals surface area (Å²) >= 11 is 0. The van der Waals surface area contributed by atoms with Gasteiger partial charge in [-0.15, -0.1) is 0 Å². The number of rotatable bonds is 5. The highest BCUT2D eigenvalue weighted by molar-refractivity contribution is 5.91. The minimum atomic E-state index is -4.47. The number of fused-ring (bicyclic) bond motifs is 1. The summed E-state index contributed by atoms with van der Waals surface area (Å²) in [5.74, 6) is -0.368. The molecule has 6 heteroatoms. The normalized spacial score (nSPS) is 11.7. The van der Waals surface area contributed by atoms with Gasteiger partial charge in [0, 0.05) is 22.9 Å². The fourth-order valence-electron chi connectivity index (χ4n) is 3.10. The molecule has 3 nitrogen and oxygen atoms in total. The first kappa shape index (κ1) is 18.0. The Morgan fingerprint density at radius 1 is 1.08 bits per heavy atom. The fourth-order valence-corrected chi connectivity index (χ4v) is 3.10. The second kappa shape index (κ2) is 7.23. The van der Waals surface area contributed by atoms with Crippen LogP contribution in [0.2, 0.25) is 0 Å². The first-order valence-electron chi connectivity index (χ1n) is 8.33. The maximum atomic E-state index is 13.4. The number of alkyl halides is 3. The van der Waals surface area contributed by atoms with Crippen LogP contribution in [-0.4, -0.2) is 17.6 Å². The molecule has 0 saturated carbocycles. The average Bonchev–Trinajstić information content (AvgIpc) is 2.98. The minimum Gasteiger partial charge on any atom is -0.466 e. The van der Waals surface area contributed by atoms with Crippen LogP contribution in [-0.2, 0) is 22.1 Å². The molecule has 0 radical (unpaired) electrons. The zero-order valence-corrected chi connectivity index (χ0v) is 14.2. The van der Waals surface area contributed by atoms with Crippen LogP contribution in [0.5, 0.6) is 0 Å². The SMILES string of the molecule is CCOC(=O)CCc1c(-c2ccccc2C(F)(F)F)[nH]c2ccccc12. The number of H-pyrrole nitrogens is 1. The number of halogens is 3. The topological polar surface area (TPSA) is 42.1 Å². The number of ether oxygens (including phenoxy) is 1. The van der Waals surface area contributed by atoms with Gasteiger partial charge in [0.05, 0.1) is 17.9 Å². The first-order chi connectivity index (χ1) is 12.4. The summed E-state index contributed by atoms with van der Waals surface area (Å²) < 4.78 is 45.3. The highest BCUT2D eigenvalue weighted by atomic mass is 19.4.